The molecule has 0 amide bonds. The van der Waals surface area contributed by atoms with E-state index in [1.807, 2.05) is 0 Å². The highest BCUT2D eigenvalue weighted by Crippen LogP contribution is 2.16. The van der Waals surface area contributed by atoms with Crippen LogP contribution in [0, 0.1) is 6.92 Å². The van der Waals surface area contributed by atoms with Gasteiger partial charge in [0, 0.05) is 26.0 Å². The van der Waals surface area contributed by atoms with E-state index < -0.39 is 0 Å². The van der Waals surface area contributed by atoms with Crippen molar-refractivity contribution in [1.29, 1.82) is 0 Å². The Morgan fingerprint density at radius 3 is 2.25 bits per heavy atom. The highest BCUT2D eigenvalue weighted by atomic mass is 15.4. The summed E-state index contributed by atoms with van der Waals surface area (Å²) in [7, 11) is 2.11. The number of aryl methyl sites for hydroxylation is 1. The molecule has 0 saturated heterocycles. The first-order chi connectivity index (χ1) is 7.16. The van der Waals surface area contributed by atoms with Crippen LogP contribution in [0.3, 0.4) is 0 Å². The predicted molar refractivity (Wildman–Crippen MR) is 69.8 cm³/mol. The van der Waals surface area contributed by atoms with Gasteiger partial charge in [-0.3, -0.25) is 0 Å². The molecule has 0 aliphatic carbocycles. The maximum atomic E-state index is 2.34. The van der Waals surface area contributed by atoms with Crippen LogP contribution in [-0.4, -0.2) is 23.0 Å². The largest absolute Gasteiger partial charge is 0.359 e. The quantitative estimate of drug-likeness (QED) is 0.752. The molecule has 2 heteroatoms. The molecule has 0 saturated carbocycles. The van der Waals surface area contributed by atoms with Gasteiger partial charge in [0.05, 0.1) is 6.17 Å². The maximum absolute atomic E-state index is 2.34. The summed E-state index contributed by atoms with van der Waals surface area (Å²) in [5.41, 5.74) is 2.69. The molecule has 0 fully saturated rings. The average molecular weight is 218 g/mol. The van der Waals surface area contributed by atoms with E-state index in [2.05, 4.69) is 67.4 Å². The van der Waals surface area contributed by atoms with E-state index in [9.17, 15) is 0 Å². The zero-order valence-corrected chi connectivity index (χ0v) is 9.64. The molecule has 2 nitrogen and oxygen atoms in total. The number of hydrogen-bond acceptors (Lipinski definition) is 2. The fraction of sp³-hybridized carbons (Fsp3) is 0.429. The van der Waals surface area contributed by atoms with Crippen molar-refractivity contribution in [2.24, 2.45) is 0 Å². The van der Waals surface area contributed by atoms with E-state index >= 15 is 0 Å². The van der Waals surface area contributed by atoms with E-state index in [0.29, 0.717) is 6.17 Å². The summed E-state index contributed by atoms with van der Waals surface area (Å²) in [6.07, 6.45) is 4.75. The molecule has 2 rings (SSSR count). The van der Waals surface area contributed by atoms with E-state index in [1.165, 1.54) is 11.1 Å². The molecule has 0 bridgehead atoms. The van der Waals surface area contributed by atoms with Gasteiger partial charge in [0.25, 0.3) is 0 Å². The molecule has 1 unspecified atom stereocenters. The van der Waals surface area contributed by atoms with Gasteiger partial charge in [-0.15, -0.1) is 0 Å². The number of nitrogens with zero attached hydrogens (tertiary/aromatic N) is 2. The Kier molecular flexibility index (Phi) is 3.99. The first-order valence-electron chi connectivity index (χ1n) is 5.38. The van der Waals surface area contributed by atoms with Gasteiger partial charge < -0.3 is 9.80 Å². The summed E-state index contributed by atoms with van der Waals surface area (Å²) in [4.78, 5) is 4.55. The van der Waals surface area contributed by atoms with Gasteiger partial charge in [-0.1, -0.05) is 37.3 Å². The standard InChI is InChI=1S/C13H18N2.CH4/c1-11-4-6-13(7-5-11)10-15-9-8-14(3)12(15)2;/h4-9,12H,10H2,1-3H3;1H4. The third kappa shape index (κ3) is 2.57. The molecule has 1 atom stereocenters. The molecule has 1 aromatic carbocycles. The van der Waals surface area contributed by atoms with E-state index in [0.717, 1.165) is 6.54 Å². The van der Waals surface area contributed by atoms with Crippen LogP contribution in [0.25, 0.3) is 0 Å². The Bertz CT molecular complexity index is 354. The van der Waals surface area contributed by atoms with Gasteiger partial charge in [0.2, 0.25) is 0 Å². The number of hydrogen-bond donors (Lipinski definition) is 0. The van der Waals surface area contributed by atoms with Gasteiger partial charge in [0.15, 0.2) is 0 Å². The first kappa shape index (κ1) is 12.6. The van der Waals surface area contributed by atoms with Crippen molar-refractivity contribution in [2.45, 2.75) is 34.0 Å². The molecule has 0 aromatic heterocycles. The van der Waals surface area contributed by atoms with Crippen LogP contribution in [0.2, 0.25) is 0 Å². The Labute approximate surface area is 99.2 Å². The Hall–Kier alpha value is -1.44. The molecule has 1 aliphatic heterocycles. The Balaban J connectivity index is 0.00000128. The average Bonchev–Trinajstić information content (AvgIpc) is 2.53. The maximum Gasteiger partial charge on any atom is 0.0978 e. The van der Waals surface area contributed by atoms with Crippen LogP contribution in [0.5, 0.6) is 0 Å². The Morgan fingerprint density at radius 1 is 1.12 bits per heavy atom. The zero-order valence-electron chi connectivity index (χ0n) is 9.64. The molecular formula is C14H22N2. The second-order valence-corrected chi connectivity index (χ2v) is 4.25. The van der Waals surface area contributed by atoms with Gasteiger partial charge in [-0.25, -0.2) is 0 Å². The van der Waals surface area contributed by atoms with Crippen LogP contribution in [0.4, 0.5) is 0 Å². The van der Waals surface area contributed by atoms with Crippen LogP contribution in [0.1, 0.15) is 25.5 Å². The van der Waals surface area contributed by atoms with E-state index in [1.54, 1.807) is 0 Å². The summed E-state index contributed by atoms with van der Waals surface area (Å²) in [5.74, 6) is 0. The third-order valence-electron chi connectivity index (χ3n) is 3.05. The van der Waals surface area contributed by atoms with Crippen LogP contribution < -0.4 is 0 Å². The summed E-state index contributed by atoms with van der Waals surface area (Å²) < 4.78 is 0. The SMILES string of the molecule is C.Cc1ccc(CN2C=CN(C)C2C)cc1. The van der Waals surface area contributed by atoms with Crippen LogP contribution >= 0.6 is 0 Å². The summed E-state index contributed by atoms with van der Waals surface area (Å²) in [6.45, 7) is 5.33. The monoisotopic (exact) mass is 218 g/mol. The fourth-order valence-corrected chi connectivity index (χ4v) is 1.76. The lowest BCUT2D eigenvalue weighted by atomic mass is 10.1. The van der Waals surface area contributed by atoms with Gasteiger partial charge in [-0.05, 0) is 19.4 Å². The number of rotatable bonds is 2. The molecule has 88 valence electrons. The molecule has 0 radical (unpaired) electrons. The van der Waals surface area contributed by atoms with Crippen LogP contribution in [0.15, 0.2) is 36.7 Å². The van der Waals surface area contributed by atoms with E-state index in [-0.39, 0.29) is 7.43 Å². The minimum absolute atomic E-state index is 0. The van der Waals surface area contributed by atoms with Crippen molar-refractivity contribution >= 4 is 0 Å². The molecule has 1 aliphatic rings. The first-order valence-corrected chi connectivity index (χ1v) is 5.38. The lowest BCUT2D eigenvalue weighted by Crippen LogP contribution is -2.32. The third-order valence-corrected chi connectivity index (χ3v) is 3.05. The topological polar surface area (TPSA) is 6.48 Å². The molecule has 0 N–H and O–H groups in total. The summed E-state index contributed by atoms with van der Waals surface area (Å²) in [6, 6.07) is 8.75. The second kappa shape index (κ2) is 5.06. The molecule has 1 aromatic rings. The van der Waals surface area contributed by atoms with Crippen molar-refractivity contribution in [1.82, 2.24) is 9.80 Å². The van der Waals surface area contributed by atoms with Crippen LogP contribution in [-0.2, 0) is 6.54 Å². The fourth-order valence-electron chi connectivity index (χ4n) is 1.76. The summed E-state index contributed by atoms with van der Waals surface area (Å²) in [5, 5.41) is 0. The Morgan fingerprint density at radius 2 is 1.75 bits per heavy atom. The highest BCUT2D eigenvalue weighted by molar-refractivity contribution is 5.21. The normalized spacial score (nSPS) is 18.8. The lowest BCUT2D eigenvalue weighted by molar-refractivity contribution is 0.189. The van der Waals surface area contributed by atoms with Crippen molar-refractivity contribution < 1.29 is 0 Å². The summed E-state index contributed by atoms with van der Waals surface area (Å²) >= 11 is 0. The zero-order chi connectivity index (χ0) is 10.8. The van der Waals surface area contributed by atoms with Crippen molar-refractivity contribution in [3.63, 3.8) is 0 Å². The van der Waals surface area contributed by atoms with Crippen molar-refractivity contribution in [3.8, 4) is 0 Å². The molecule has 16 heavy (non-hydrogen) atoms. The lowest BCUT2D eigenvalue weighted by Gasteiger charge is -2.27. The minimum Gasteiger partial charge on any atom is -0.359 e. The second-order valence-electron chi connectivity index (χ2n) is 4.25. The van der Waals surface area contributed by atoms with Crippen molar-refractivity contribution in [3.05, 3.63) is 47.8 Å². The minimum atomic E-state index is 0. The highest BCUT2D eigenvalue weighted by Gasteiger charge is 2.17. The number of benzene rings is 1. The van der Waals surface area contributed by atoms with Gasteiger partial charge >= 0.3 is 0 Å². The predicted octanol–water partition coefficient (Wildman–Crippen LogP) is 3.20. The molecular weight excluding hydrogens is 196 g/mol. The molecule has 0 spiro atoms. The van der Waals surface area contributed by atoms with E-state index in [4.69, 9.17) is 0 Å². The molecule has 1 heterocycles. The van der Waals surface area contributed by atoms with Gasteiger partial charge in [0.1, 0.15) is 0 Å². The van der Waals surface area contributed by atoms with Crippen molar-refractivity contribution in [2.75, 3.05) is 7.05 Å². The smallest absolute Gasteiger partial charge is 0.0978 e. The van der Waals surface area contributed by atoms with Gasteiger partial charge in [-0.2, -0.15) is 0 Å².